The molecule has 0 aromatic carbocycles. The quantitative estimate of drug-likeness (QED) is 0.301. The molecule has 3 N–H and O–H groups in total. The highest BCUT2D eigenvalue weighted by Crippen LogP contribution is 2.15. The molecule has 1 aromatic rings. The molecule has 0 amide bonds. The van der Waals surface area contributed by atoms with Crippen molar-refractivity contribution in [3.05, 3.63) is 30.1 Å². The van der Waals surface area contributed by atoms with Crippen molar-refractivity contribution >= 4 is 29.9 Å². The molecule has 23 heavy (non-hydrogen) atoms. The topological polar surface area (TPSA) is 66.5 Å². The highest BCUT2D eigenvalue weighted by molar-refractivity contribution is 14.0. The lowest BCUT2D eigenvalue weighted by atomic mass is 9.99. The zero-order valence-electron chi connectivity index (χ0n) is 14.1. The number of pyridine rings is 1. The summed E-state index contributed by atoms with van der Waals surface area (Å²) >= 11 is 0. The second kappa shape index (κ2) is 11.6. The van der Waals surface area contributed by atoms with E-state index in [1.54, 1.807) is 0 Å². The third kappa shape index (κ3) is 8.50. The van der Waals surface area contributed by atoms with Gasteiger partial charge in [-0.05, 0) is 56.9 Å². The number of guanidine groups is 1. The Morgan fingerprint density at radius 3 is 2.87 bits per heavy atom. The van der Waals surface area contributed by atoms with Gasteiger partial charge < -0.3 is 16.0 Å². The number of nitrogens with zero attached hydrogens (tertiary/aromatic N) is 3. The average molecular weight is 431 g/mol. The second-order valence-corrected chi connectivity index (χ2v) is 6.14. The molecule has 0 spiro atoms. The number of piperidine rings is 1. The molecule has 6 heteroatoms. The molecule has 2 heterocycles. The van der Waals surface area contributed by atoms with Gasteiger partial charge in [-0.25, -0.2) is 0 Å². The first-order valence-corrected chi connectivity index (χ1v) is 8.40. The van der Waals surface area contributed by atoms with Crippen molar-refractivity contribution in [1.29, 1.82) is 0 Å². The van der Waals surface area contributed by atoms with Gasteiger partial charge in [-0.1, -0.05) is 13.0 Å². The van der Waals surface area contributed by atoms with Crippen LogP contribution in [-0.4, -0.2) is 48.6 Å². The van der Waals surface area contributed by atoms with Gasteiger partial charge in [0.25, 0.3) is 0 Å². The molecule has 0 saturated carbocycles. The summed E-state index contributed by atoms with van der Waals surface area (Å²) < 4.78 is 0. The number of hydrogen-bond donors (Lipinski definition) is 2. The third-order valence-corrected chi connectivity index (χ3v) is 4.20. The van der Waals surface area contributed by atoms with Crippen molar-refractivity contribution < 1.29 is 0 Å². The lowest BCUT2D eigenvalue weighted by molar-refractivity contribution is 0.192. The van der Waals surface area contributed by atoms with Gasteiger partial charge >= 0.3 is 0 Å². The molecular weight excluding hydrogens is 401 g/mol. The number of rotatable bonds is 7. The van der Waals surface area contributed by atoms with Crippen molar-refractivity contribution in [2.75, 3.05) is 32.7 Å². The molecule has 0 bridgehead atoms. The van der Waals surface area contributed by atoms with Crippen LogP contribution in [0.1, 0.15) is 31.9 Å². The molecule has 2 rings (SSSR count). The van der Waals surface area contributed by atoms with E-state index in [9.17, 15) is 0 Å². The molecule has 0 unspecified atom stereocenters. The Kier molecular flexibility index (Phi) is 10.2. The maximum Gasteiger partial charge on any atom is 0.188 e. The van der Waals surface area contributed by atoms with Crippen LogP contribution < -0.4 is 11.1 Å². The molecule has 0 atom stereocenters. The fraction of sp³-hybridized carbons (Fsp3) is 0.647. The fourth-order valence-corrected chi connectivity index (χ4v) is 2.70. The summed E-state index contributed by atoms with van der Waals surface area (Å²) in [6.07, 6.45) is 6.43. The first kappa shape index (κ1) is 20.2. The fourth-order valence-electron chi connectivity index (χ4n) is 2.70. The van der Waals surface area contributed by atoms with Crippen LogP contribution in [0.25, 0.3) is 0 Å². The molecule has 1 aliphatic heterocycles. The van der Waals surface area contributed by atoms with E-state index in [2.05, 4.69) is 27.1 Å². The smallest absolute Gasteiger partial charge is 0.188 e. The van der Waals surface area contributed by atoms with Crippen LogP contribution in [0, 0.1) is 5.92 Å². The van der Waals surface area contributed by atoms with Crippen LogP contribution in [0.2, 0.25) is 0 Å². The minimum atomic E-state index is 0. The molecule has 1 saturated heterocycles. The number of aliphatic imine (C=N–C) groups is 1. The maximum atomic E-state index is 5.88. The Labute approximate surface area is 157 Å². The molecule has 130 valence electrons. The Morgan fingerprint density at radius 1 is 1.39 bits per heavy atom. The standard InChI is InChI=1S/C17H29N5.HI/c1-15-7-13-22(14-8-15)12-4-10-20-17(18)21-11-6-16-5-2-3-9-19-16;/h2-3,5,9,15H,4,6-8,10-14H2,1H3,(H3,18,20,21);1H. The van der Waals surface area contributed by atoms with Crippen LogP contribution >= 0.6 is 24.0 Å². The Hall–Kier alpha value is -0.890. The summed E-state index contributed by atoms with van der Waals surface area (Å²) in [5.41, 5.74) is 6.95. The van der Waals surface area contributed by atoms with Crippen molar-refractivity contribution in [2.24, 2.45) is 16.6 Å². The highest BCUT2D eigenvalue weighted by Gasteiger charge is 2.14. The minimum absolute atomic E-state index is 0. The van der Waals surface area contributed by atoms with E-state index in [4.69, 9.17) is 5.73 Å². The van der Waals surface area contributed by atoms with E-state index in [1.807, 2.05) is 24.4 Å². The van der Waals surface area contributed by atoms with Crippen molar-refractivity contribution in [3.63, 3.8) is 0 Å². The first-order valence-electron chi connectivity index (χ1n) is 8.40. The van der Waals surface area contributed by atoms with Gasteiger partial charge in [0.1, 0.15) is 0 Å². The summed E-state index contributed by atoms with van der Waals surface area (Å²) in [5, 5.41) is 3.15. The Bertz CT molecular complexity index is 444. The van der Waals surface area contributed by atoms with Gasteiger partial charge in [0.15, 0.2) is 5.96 Å². The zero-order chi connectivity index (χ0) is 15.6. The summed E-state index contributed by atoms with van der Waals surface area (Å²) in [7, 11) is 0. The number of aromatic nitrogens is 1. The van der Waals surface area contributed by atoms with E-state index >= 15 is 0 Å². The monoisotopic (exact) mass is 431 g/mol. The van der Waals surface area contributed by atoms with Gasteiger partial charge in [0, 0.05) is 31.4 Å². The summed E-state index contributed by atoms with van der Waals surface area (Å²) in [4.78, 5) is 11.2. The normalized spacial score (nSPS) is 16.8. The van der Waals surface area contributed by atoms with E-state index in [1.165, 1.54) is 25.9 Å². The SMILES string of the molecule is CC1CCN(CCCN=C(N)NCCc2ccccn2)CC1.I. The summed E-state index contributed by atoms with van der Waals surface area (Å²) in [5.74, 6) is 1.44. The van der Waals surface area contributed by atoms with Crippen LogP contribution in [0.15, 0.2) is 29.4 Å². The zero-order valence-corrected chi connectivity index (χ0v) is 16.4. The van der Waals surface area contributed by atoms with E-state index in [0.29, 0.717) is 5.96 Å². The Morgan fingerprint density at radius 2 is 2.17 bits per heavy atom. The van der Waals surface area contributed by atoms with E-state index in [0.717, 1.165) is 44.1 Å². The number of hydrogen-bond acceptors (Lipinski definition) is 3. The van der Waals surface area contributed by atoms with Crippen LogP contribution in [0.5, 0.6) is 0 Å². The van der Waals surface area contributed by atoms with Crippen LogP contribution in [0.4, 0.5) is 0 Å². The average Bonchev–Trinajstić information content (AvgIpc) is 2.54. The molecule has 1 aliphatic rings. The van der Waals surface area contributed by atoms with Gasteiger partial charge in [-0.2, -0.15) is 0 Å². The Balaban J connectivity index is 0.00000264. The van der Waals surface area contributed by atoms with Gasteiger partial charge in [0.2, 0.25) is 0 Å². The largest absolute Gasteiger partial charge is 0.370 e. The van der Waals surface area contributed by atoms with Gasteiger partial charge in [-0.15, -0.1) is 24.0 Å². The summed E-state index contributed by atoms with van der Waals surface area (Å²) in [6.45, 7) is 7.53. The molecule has 0 aliphatic carbocycles. The maximum absolute atomic E-state index is 5.88. The van der Waals surface area contributed by atoms with E-state index < -0.39 is 0 Å². The number of nitrogens with one attached hydrogen (secondary N) is 1. The van der Waals surface area contributed by atoms with Gasteiger partial charge in [-0.3, -0.25) is 9.98 Å². The molecular formula is C17H30IN5. The third-order valence-electron chi connectivity index (χ3n) is 4.20. The number of likely N-dealkylation sites (tertiary alicyclic amines) is 1. The molecule has 1 aromatic heterocycles. The molecule has 1 fully saturated rings. The van der Waals surface area contributed by atoms with Crippen molar-refractivity contribution in [1.82, 2.24) is 15.2 Å². The lowest BCUT2D eigenvalue weighted by Crippen LogP contribution is -2.35. The van der Waals surface area contributed by atoms with Crippen LogP contribution in [0.3, 0.4) is 0 Å². The predicted octanol–water partition coefficient (Wildman–Crippen LogP) is 2.27. The first-order chi connectivity index (χ1) is 10.7. The molecule has 5 nitrogen and oxygen atoms in total. The number of nitrogens with two attached hydrogens (primary N) is 1. The number of halogens is 1. The van der Waals surface area contributed by atoms with E-state index in [-0.39, 0.29) is 24.0 Å². The lowest BCUT2D eigenvalue weighted by Gasteiger charge is -2.29. The predicted molar refractivity (Wildman–Crippen MR) is 107 cm³/mol. The van der Waals surface area contributed by atoms with Gasteiger partial charge in [0.05, 0.1) is 0 Å². The highest BCUT2D eigenvalue weighted by atomic mass is 127. The summed E-state index contributed by atoms with van der Waals surface area (Å²) in [6, 6.07) is 5.95. The van der Waals surface area contributed by atoms with Crippen molar-refractivity contribution in [3.8, 4) is 0 Å². The molecule has 0 radical (unpaired) electrons. The van der Waals surface area contributed by atoms with Crippen LogP contribution in [-0.2, 0) is 6.42 Å². The minimum Gasteiger partial charge on any atom is -0.370 e. The van der Waals surface area contributed by atoms with Crippen molar-refractivity contribution in [2.45, 2.75) is 32.6 Å². The second-order valence-electron chi connectivity index (χ2n) is 6.14.